The van der Waals surface area contributed by atoms with Gasteiger partial charge in [0.2, 0.25) is 0 Å². The van der Waals surface area contributed by atoms with Crippen LogP contribution in [0.4, 0.5) is 0 Å². The van der Waals surface area contributed by atoms with Crippen LogP contribution in [0.1, 0.15) is 32.1 Å². The summed E-state index contributed by atoms with van der Waals surface area (Å²) in [6, 6.07) is 0.527. The van der Waals surface area contributed by atoms with Crippen molar-refractivity contribution in [2.75, 3.05) is 6.26 Å². The van der Waals surface area contributed by atoms with Gasteiger partial charge in [0.1, 0.15) is 6.26 Å². The summed E-state index contributed by atoms with van der Waals surface area (Å²) in [6.07, 6.45) is 8.08. The lowest BCUT2D eigenvalue weighted by Gasteiger charge is -2.21. The molecule has 0 amide bonds. The van der Waals surface area contributed by atoms with Crippen LogP contribution < -0.4 is 4.72 Å². The summed E-state index contributed by atoms with van der Waals surface area (Å²) >= 11 is -0.813. The van der Waals surface area contributed by atoms with Gasteiger partial charge in [-0.05, 0) is 12.8 Å². The van der Waals surface area contributed by atoms with Crippen LogP contribution in [0.2, 0.25) is 0 Å². The van der Waals surface area contributed by atoms with Gasteiger partial charge in [0.15, 0.2) is 0 Å². The van der Waals surface area contributed by atoms with Crippen molar-refractivity contribution in [3.8, 4) is 0 Å². The second-order valence-electron chi connectivity index (χ2n) is 2.91. The quantitative estimate of drug-likeness (QED) is 0.618. The fourth-order valence-corrected chi connectivity index (χ4v) is 2.16. The summed E-state index contributed by atoms with van der Waals surface area (Å²) in [4.78, 5) is 0. The van der Waals surface area contributed by atoms with Crippen molar-refractivity contribution in [3.05, 3.63) is 0 Å². The van der Waals surface area contributed by atoms with Crippen molar-refractivity contribution in [1.82, 2.24) is 4.72 Å². The van der Waals surface area contributed by atoms with E-state index in [1.807, 2.05) is 0 Å². The molecular weight excluding hydrogens is 146 g/mol. The maximum absolute atomic E-state index is 10.7. The standard InChI is InChI=1S/C7H15NOS/c1-10(9)8-7-5-3-2-4-6-7/h7-8H,2-6H2,1H3. The normalized spacial score (nSPS) is 24.6. The first kappa shape index (κ1) is 8.37. The molecule has 1 aliphatic carbocycles. The average Bonchev–Trinajstić information content (AvgIpc) is 1.88. The molecule has 1 N–H and O–H groups in total. The van der Waals surface area contributed by atoms with Gasteiger partial charge in [0.05, 0.1) is 6.04 Å². The Balaban J connectivity index is 2.13. The molecule has 0 bridgehead atoms. The third-order valence-electron chi connectivity index (χ3n) is 1.94. The van der Waals surface area contributed by atoms with E-state index in [4.69, 9.17) is 0 Å². The highest BCUT2D eigenvalue weighted by molar-refractivity contribution is 7.88. The minimum absolute atomic E-state index is 0.527. The zero-order valence-corrected chi connectivity index (χ0v) is 7.25. The first-order valence-electron chi connectivity index (χ1n) is 3.88. The molecule has 1 rings (SSSR count). The Hall–Kier alpha value is 0.270. The first-order chi connectivity index (χ1) is 4.79. The SMILES string of the molecule is C[S+]([O-])NC1CCCCC1. The predicted octanol–water partition coefficient (Wildman–Crippen LogP) is 1.20. The number of hydrogen-bond acceptors (Lipinski definition) is 2. The highest BCUT2D eigenvalue weighted by Crippen LogP contribution is 2.17. The van der Waals surface area contributed by atoms with Crippen LogP contribution in [-0.2, 0) is 11.4 Å². The molecule has 3 heteroatoms. The highest BCUT2D eigenvalue weighted by Gasteiger charge is 2.15. The molecule has 1 saturated carbocycles. The van der Waals surface area contributed by atoms with E-state index in [0.717, 1.165) is 0 Å². The fraction of sp³-hybridized carbons (Fsp3) is 1.00. The van der Waals surface area contributed by atoms with Gasteiger partial charge in [0.25, 0.3) is 0 Å². The average molecular weight is 161 g/mol. The lowest BCUT2D eigenvalue weighted by molar-refractivity contribution is 0.413. The maximum Gasteiger partial charge on any atom is 0.115 e. The molecule has 1 unspecified atom stereocenters. The van der Waals surface area contributed by atoms with Crippen LogP contribution >= 0.6 is 0 Å². The van der Waals surface area contributed by atoms with Crippen LogP contribution in [0.5, 0.6) is 0 Å². The summed E-state index contributed by atoms with van der Waals surface area (Å²) < 4.78 is 13.8. The van der Waals surface area contributed by atoms with E-state index in [9.17, 15) is 4.55 Å². The minimum atomic E-state index is -0.813. The van der Waals surface area contributed by atoms with Crippen LogP contribution in [0.15, 0.2) is 0 Å². The van der Waals surface area contributed by atoms with Crippen LogP contribution in [0, 0.1) is 0 Å². The van der Waals surface area contributed by atoms with Crippen molar-refractivity contribution < 1.29 is 4.55 Å². The Bertz CT molecular complexity index is 91.6. The number of hydrogen-bond donors (Lipinski definition) is 1. The van der Waals surface area contributed by atoms with Gasteiger partial charge in [-0.15, -0.1) is 4.72 Å². The molecule has 0 aromatic rings. The summed E-state index contributed by atoms with van der Waals surface area (Å²) in [5.41, 5.74) is 0. The van der Waals surface area contributed by atoms with Gasteiger partial charge >= 0.3 is 0 Å². The molecule has 2 nitrogen and oxygen atoms in total. The molecule has 1 fully saturated rings. The van der Waals surface area contributed by atoms with E-state index in [0.29, 0.717) is 6.04 Å². The van der Waals surface area contributed by atoms with Gasteiger partial charge in [0, 0.05) is 11.4 Å². The van der Waals surface area contributed by atoms with E-state index in [1.165, 1.54) is 32.1 Å². The third kappa shape index (κ3) is 2.90. The van der Waals surface area contributed by atoms with Crippen LogP contribution in [0.25, 0.3) is 0 Å². The maximum atomic E-state index is 10.7. The lowest BCUT2D eigenvalue weighted by atomic mass is 9.96. The van der Waals surface area contributed by atoms with E-state index in [1.54, 1.807) is 6.26 Å². The highest BCUT2D eigenvalue weighted by atomic mass is 32.2. The van der Waals surface area contributed by atoms with Crippen molar-refractivity contribution in [2.24, 2.45) is 0 Å². The predicted molar refractivity (Wildman–Crippen MR) is 44.1 cm³/mol. The Labute approximate surface area is 65.7 Å². The number of nitrogens with one attached hydrogen (secondary N) is 1. The molecular formula is C7H15NOS. The second kappa shape index (κ2) is 4.21. The minimum Gasteiger partial charge on any atom is -0.598 e. The van der Waals surface area contributed by atoms with Crippen molar-refractivity contribution in [3.63, 3.8) is 0 Å². The summed E-state index contributed by atoms with van der Waals surface area (Å²) in [5, 5.41) is 0. The van der Waals surface area contributed by atoms with E-state index >= 15 is 0 Å². The molecule has 1 atom stereocenters. The number of rotatable bonds is 2. The summed E-state index contributed by atoms with van der Waals surface area (Å²) in [5.74, 6) is 0. The molecule has 10 heavy (non-hydrogen) atoms. The molecule has 0 aromatic carbocycles. The van der Waals surface area contributed by atoms with E-state index in [2.05, 4.69) is 4.72 Å². The van der Waals surface area contributed by atoms with E-state index in [-0.39, 0.29) is 0 Å². The zero-order valence-electron chi connectivity index (χ0n) is 6.43. The van der Waals surface area contributed by atoms with Crippen molar-refractivity contribution >= 4 is 11.4 Å². The monoisotopic (exact) mass is 161 g/mol. The second-order valence-corrected chi connectivity index (χ2v) is 4.05. The molecule has 0 spiro atoms. The Morgan fingerprint density at radius 1 is 1.30 bits per heavy atom. The fourth-order valence-electron chi connectivity index (χ4n) is 1.46. The van der Waals surface area contributed by atoms with Gasteiger partial charge in [-0.25, -0.2) is 0 Å². The molecule has 60 valence electrons. The van der Waals surface area contributed by atoms with Gasteiger partial charge < -0.3 is 4.55 Å². The van der Waals surface area contributed by atoms with Crippen molar-refractivity contribution in [1.29, 1.82) is 0 Å². The largest absolute Gasteiger partial charge is 0.598 e. The van der Waals surface area contributed by atoms with E-state index < -0.39 is 11.4 Å². The third-order valence-corrected chi connectivity index (χ3v) is 2.60. The van der Waals surface area contributed by atoms with Crippen molar-refractivity contribution in [2.45, 2.75) is 38.1 Å². The molecule has 0 radical (unpaired) electrons. The summed E-state index contributed by atoms with van der Waals surface area (Å²) in [6.45, 7) is 0. The first-order valence-corrected chi connectivity index (χ1v) is 5.44. The topological polar surface area (TPSA) is 35.1 Å². The van der Waals surface area contributed by atoms with Gasteiger partial charge in [-0.3, -0.25) is 0 Å². The van der Waals surface area contributed by atoms with Gasteiger partial charge in [-0.2, -0.15) is 0 Å². The molecule has 1 aliphatic rings. The summed E-state index contributed by atoms with van der Waals surface area (Å²) in [7, 11) is 0. The molecule has 0 saturated heterocycles. The van der Waals surface area contributed by atoms with Gasteiger partial charge in [-0.1, -0.05) is 19.3 Å². The van der Waals surface area contributed by atoms with Crippen LogP contribution in [0.3, 0.4) is 0 Å². The lowest BCUT2D eigenvalue weighted by Crippen LogP contribution is -2.35. The smallest absolute Gasteiger partial charge is 0.115 e. The molecule has 0 heterocycles. The molecule has 0 aliphatic heterocycles. The Kier molecular flexibility index (Phi) is 3.52. The zero-order chi connectivity index (χ0) is 7.40. The molecule has 0 aromatic heterocycles. The van der Waals surface area contributed by atoms with Crippen LogP contribution in [-0.4, -0.2) is 16.9 Å². The Morgan fingerprint density at radius 2 is 1.90 bits per heavy atom. The Morgan fingerprint density at radius 3 is 2.40 bits per heavy atom.